The van der Waals surface area contributed by atoms with E-state index in [1.807, 2.05) is 0 Å². The van der Waals surface area contributed by atoms with Gasteiger partial charge in [-0.15, -0.1) is 24.0 Å². The second-order valence-corrected chi connectivity index (χ2v) is 9.54. The Morgan fingerprint density at radius 1 is 1.10 bits per heavy atom. The molecular weight excluding hydrogens is 491 g/mol. The van der Waals surface area contributed by atoms with E-state index in [0.717, 1.165) is 57.9 Å². The van der Waals surface area contributed by atoms with Crippen LogP contribution in [0.5, 0.6) is 0 Å². The molecule has 3 atom stereocenters. The minimum Gasteiger partial charge on any atom is -0.378 e. The van der Waals surface area contributed by atoms with Crippen LogP contribution in [-0.2, 0) is 9.53 Å². The third-order valence-corrected chi connectivity index (χ3v) is 7.86. The van der Waals surface area contributed by atoms with Crippen molar-refractivity contribution < 1.29 is 9.53 Å². The zero-order valence-corrected chi connectivity index (χ0v) is 21.2. The van der Waals surface area contributed by atoms with Crippen LogP contribution in [0.2, 0.25) is 0 Å². The normalized spacial score (nSPS) is 30.9. The van der Waals surface area contributed by atoms with Crippen LogP contribution in [0, 0.1) is 11.3 Å². The maximum absolute atomic E-state index is 12.9. The number of likely N-dealkylation sites (tertiary alicyclic amines) is 1. The van der Waals surface area contributed by atoms with Crippen LogP contribution in [0.4, 0.5) is 0 Å². The van der Waals surface area contributed by atoms with Crippen molar-refractivity contribution in [3.05, 3.63) is 0 Å². The van der Waals surface area contributed by atoms with Gasteiger partial charge in [0.25, 0.3) is 0 Å². The summed E-state index contributed by atoms with van der Waals surface area (Å²) in [5.74, 6) is 1.59. The third kappa shape index (κ3) is 4.92. The van der Waals surface area contributed by atoms with E-state index in [-0.39, 0.29) is 29.9 Å². The van der Waals surface area contributed by atoms with Gasteiger partial charge >= 0.3 is 0 Å². The van der Waals surface area contributed by atoms with E-state index < -0.39 is 0 Å². The van der Waals surface area contributed by atoms with E-state index in [1.54, 1.807) is 0 Å². The number of nitrogens with one attached hydrogen (secondary N) is 2. The number of carbonyl (C=O) groups is 1. The quantitative estimate of drug-likeness (QED) is 0.311. The molecule has 3 unspecified atom stereocenters. The Hall–Kier alpha value is -0.570. The van der Waals surface area contributed by atoms with E-state index in [9.17, 15) is 4.79 Å². The lowest BCUT2D eigenvalue weighted by Crippen LogP contribution is -2.69. The summed E-state index contributed by atoms with van der Waals surface area (Å²) in [5, 5.41) is 7.37. The minimum absolute atomic E-state index is 0. The number of ether oxygens (including phenoxy) is 1. The predicted octanol–water partition coefficient (Wildman–Crippen LogP) is 3.69. The first-order valence-electron chi connectivity index (χ1n) is 12.1. The summed E-state index contributed by atoms with van der Waals surface area (Å²) in [4.78, 5) is 19.7. The van der Waals surface area contributed by atoms with Gasteiger partial charge in [-0.2, -0.15) is 0 Å². The molecule has 6 nitrogen and oxygen atoms in total. The Kier molecular flexibility index (Phi) is 8.70. The van der Waals surface area contributed by atoms with Gasteiger partial charge in [-0.05, 0) is 52.4 Å². The predicted molar refractivity (Wildman–Crippen MR) is 131 cm³/mol. The Morgan fingerprint density at radius 3 is 2.50 bits per heavy atom. The molecule has 4 fully saturated rings. The van der Waals surface area contributed by atoms with Gasteiger partial charge in [-0.25, -0.2) is 0 Å². The summed E-state index contributed by atoms with van der Waals surface area (Å²) in [6, 6.07) is 0.771. The van der Waals surface area contributed by atoms with E-state index in [4.69, 9.17) is 9.73 Å². The van der Waals surface area contributed by atoms with Crippen LogP contribution in [0.1, 0.15) is 78.1 Å². The molecule has 1 aliphatic heterocycles. The van der Waals surface area contributed by atoms with Crippen molar-refractivity contribution in [1.82, 2.24) is 15.5 Å². The largest absolute Gasteiger partial charge is 0.378 e. The first-order valence-corrected chi connectivity index (χ1v) is 12.1. The van der Waals surface area contributed by atoms with Crippen LogP contribution < -0.4 is 10.6 Å². The van der Waals surface area contributed by atoms with E-state index in [0.29, 0.717) is 29.5 Å². The fourth-order valence-corrected chi connectivity index (χ4v) is 5.98. The molecule has 1 spiro atoms. The molecule has 0 aromatic heterocycles. The number of rotatable bonds is 6. The van der Waals surface area contributed by atoms with Crippen molar-refractivity contribution in [3.63, 3.8) is 0 Å². The smallest absolute Gasteiger partial charge is 0.225 e. The molecule has 3 aliphatic carbocycles. The number of hydrogen-bond acceptors (Lipinski definition) is 3. The summed E-state index contributed by atoms with van der Waals surface area (Å²) in [6.07, 6.45) is 12.3. The topological polar surface area (TPSA) is 66.0 Å². The minimum atomic E-state index is 0. The monoisotopic (exact) mass is 532 g/mol. The van der Waals surface area contributed by atoms with Gasteiger partial charge < -0.3 is 20.3 Å². The van der Waals surface area contributed by atoms with Gasteiger partial charge in [0, 0.05) is 49.7 Å². The van der Waals surface area contributed by atoms with Gasteiger partial charge in [-0.1, -0.05) is 25.7 Å². The van der Waals surface area contributed by atoms with Crippen molar-refractivity contribution in [2.45, 2.75) is 96.2 Å². The Morgan fingerprint density at radius 2 is 1.87 bits per heavy atom. The van der Waals surface area contributed by atoms with Crippen LogP contribution in [0.3, 0.4) is 0 Å². The fourth-order valence-electron chi connectivity index (χ4n) is 5.98. The molecule has 30 heavy (non-hydrogen) atoms. The van der Waals surface area contributed by atoms with Crippen LogP contribution in [0.25, 0.3) is 0 Å². The highest BCUT2D eigenvalue weighted by Gasteiger charge is 2.59. The summed E-state index contributed by atoms with van der Waals surface area (Å²) in [5.41, 5.74) is 0.324. The SMILES string of the molecule is CCN=C(NC1CCN(C(=O)C2CCCCC2)C1)NC1CC(OCC)C12CCC2.I. The number of aliphatic imine (C=N–C) groups is 1. The van der Waals surface area contributed by atoms with Crippen LogP contribution >= 0.6 is 24.0 Å². The third-order valence-electron chi connectivity index (χ3n) is 7.86. The molecule has 172 valence electrons. The van der Waals surface area contributed by atoms with Gasteiger partial charge in [-0.3, -0.25) is 9.79 Å². The average Bonchev–Trinajstić information content (AvgIpc) is 3.14. The average molecular weight is 533 g/mol. The zero-order chi connectivity index (χ0) is 20.3. The highest BCUT2D eigenvalue weighted by Crippen LogP contribution is 2.57. The summed E-state index contributed by atoms with van der Waals surface area (Å²) in [7, 11) is 0. The molecule has 0 aromatic rings. The van der Waals surface area contributed by atoms with Crippen molar-refractivity contribution in [3.8, 4) is 0 Å². The molecule has 2 N–H and O–H groups in total. The second-order valence-electron chi connectivity index (χ2n) is 9.54. The van der Waals surface area contributed by atoms with Crippen LogP contribution in [-0.4, -0.2) is 61.2 Å². The maximum atomic E-state index is 12.9. The molecule has 4 rings (SSSR count). The van der Waals surface area contributed by atoms with E-state index >= 15 is 0 Å². The molecule has 3 saturated carbocycles. The van der Waals surface area contributed by atoms with Crippen molar-refractivity contribution >= 4 is 35.8 Å². The highest BCUT2D eigenvalue weighted by atomic mass is 127. The molecule has 1 amide bonds. The number of carbonyl (C=O) groups excluding carboxylic acids is 1. The van der Waals surface area contributed by atoms with Gasteiger partial charge in [0.2, 0.25) is 5.91 Å². The fraction of sp³-hybridized carbons (Fsp3) is 0.913. The molecule has 1 saturated heterocycles. The number of amides is 1. The molecule has 7 heteroatoms. The zero-order valence-electron chi connectivity index (χ0n) is 18.8. The molecular formula is C23H41IN4O2. The van der Waals surface area contributed by atoms with E-state index in [2.05, 4.69) is 29.4 Å². The highest BCUT2D eigenvalue weighted by molar-refractivity contribution is 14.0. The molecule has 4 aliphatic rings. The maximum Gasteiger partial charge on any atom is 0.225 e. The van der Waals surface area contributed by atoms with Gasteiger partial charge in [0.05, 0.1) is 6.10 Å². The van der Waals surface area contributed by atoms with Crippen LogP contribution in [0.15, 0.2) is 4.99 Å². The number of hydrogen-bond donors (Lipinski definition) is 2. The van der Waals surface area contributed by atoms with Crippen molar-refractivity contribution in [1.29, 1.82) is 0 Å². The van der Waals surface area contributed by atoms with Crippen molar-refractivity contribution in [2.75, 3.05) is 26.2 Å². The van der Waals surface area contributed by atoms with Gasteiger partial charge in [0.15, 0.2) is 5.96 Å². The summed E-state index contributed by atoms with van der Waals surface area (Å²) >= 11 is 0. The molecule has 0 radical (unpaired) electrons. The summed E-state index contributed by atoms with van der Waals surface area (Å²) < 4.78 is 5.99. The lowest BCUT2D eigenvalue weighted by molar-refractivity contribution is -0.168. The Labute approximate surface area is 199 Å². The Balaban J connectivity index is 0.00000256. The lowest BCUT2D eigenvalue weighted by Gasteiger charge is -2.61. The van der Waals surface area contributed by atoms with Crippen molar-refractivity contribution in [2.24, 2.45) is 16.3 Å². The lowest BCUT2D eigenvalue weighted by atomic mass is 9.51. The number of nitrogens with zero attached hydrogens (tertiary/aromatic N) is 2. The summed E-state index contributed by atoms with van der Waals surface area (Å²) in [6.45, 7) is 7.45. The number of guanidine groups is 1. The molecule has 0 aromatic carbocycles. The molecule has 1 heterocycles. The first-order chi connectivity index (χ1) is 14.2. The second kappa shape index (κ2) is 10.8. The Bertz CT molecular complexity index is 604. The molecule has 0 bridgehead atoms. The van der Waals surface area contributed by atoms with E-state index in [1.165, 1.54) is 38.5 Å². The standard InChI is InChI=1S/C23H40N4O2.HI/c1-3-24-22(26-19-15-20(29-4-2)23(19)12-8-13-23)25-18-11-14-27(16-18)21(28)17-9-6-5-7-10-17;/h17-20H,3-16H2,1-2H3,(H2,24,25,26);1H. The van der Waals surface area contributed by atoms with Gasteiger partial charge in [0.1, 0.15) is 0 Å². The number of halogens is 1. The first kappa shape index (κ1) is 24.1.